The van der Waals surface area contributed by atoms with Gasteiger partial charge >= 0.3 is 0 Å². The molecule has 2 fully saturated rings. The summed E-state index contributed by atoms with van der Waals surface area (Å²) in [6, 6.07) is 11.9. The Hall–Kier alpha value is -3.19. The zero-order chi connectivity index (χ0) is 26.8. The zero-order valence-corrected chi connectivity index (χ0v) is 22.0. The van der Waals surface area contributed by atoms with Gasteiger partial charge < -0.3 is 26.5 Å². The number of hydrogen-bond acceptors (Lipinski definition) is 9. The van der Waals surface area contributed by atoms with Crippen LogP contribution in [-0.4, -0.2) is 64.7 Å². The standard InChI is InChI=1S/C25H28Cl2N8O3/c26-15-3-4-16(17(27)14-15)23-18(34-13-12-33-11-1-2-20(33)25(34)36)5-7-21(31-23)29-9-10-30-22-8-6-19(35(37)38)24(28)32-22/h3-8,14,20,35,37H,1-2,9-13H2,(H,29,31)(H3,28,30,32). The fraction of sp³-hybridized carbons (Fsp3) is 0.320. The third kappa shape index (κ3) is 5.48. The van der Waals surface area contributed by atoms with Gasteiger partial charge in [0.1, 0.15) is 11.6 Å². The van der Waals surface area contributed by atoms with Crippen molar-refractivity contribution in [1.82, 2.24) is 14.9 Å². The molecule has 0 radical (unpaired) electrons. The number of fused-ring (bicyclic) bond motifs is 1. The summed E-state index contributed by atoms with van der Waals surface area (Å²) >= 11 is 12.7. The minimum atomic E-state index is -1.12. The Balaban J connectivity index is 1.34. The first kappa shape index (κ1) is 26.4. The van der Waals surface area contributed by atoms with E-state index in [4.69, 9.17) is 39.1 Å². The average molecular weight is 559 g/mol. The van der Waals surface area contributed by atoms with Crippen LogP contribution in [0.15, 0.2) is 42.5 Å². The van der Waals surface area contributed by atoms with Crippen LogP contribution in [0.5, 0.6) is 0 Å². The number of rotatable bonds is 8. The number of nitrogens with two attached hydrogens (primary N) is 1. The van der Waals surface area contributed by atoms with Gasteiger partial charge in [-0.1, -0.05) is 23.2 Å². The Bertz CT molecular complexity index is 1340. The normalized spacial score (nSPS) is 18.4. The van der Waals surface area contributed by atoms with Gasteiger partial charge in [-0.25, -0.2) is 15.2 Å². The van der Waals surface area contributed by atoms with Crippen LogP contribution < -0.4 is 26.5 Å². The first-order valence-corrected chi connectivity index (χ1v) is 13.1. The Labute approximate surface area is 229 Å². The van der Waals surface area contributed by atoms with Crippen LogP contribution in [-0.2, 0) is 4.79 Å². The van der Waals surface area contributed by atoms with Gasteiger partial charge in [0.05, 0.1) is 22.4 Å². The molecule has 1 amide bonds. The molecule has 2 aliphatic heterocycles. The quantitative estimate of drug-likeness (QED) is 0.208. The molecular weight excluding hydrogens is 531 g/mol. The molecule has 38 heavy (non-hydrogen) atoms. The Morgan fingerprint density at radius 3 is 2.50 bits per heavy atom. The van der Waals surface area contributed by atoms with Crippen LogP contribution >= 0.6 is 23.2 Å². The van der Waals surface area contributed by atoms with E-state index in [0.717, 1.165) is 25.9 Å². The molecule has 6 N–H and O–H groups in total. The predicted octanol–water partition coefficient (Wildman–Crippen LogP) is 2.77. The molecule has 2 saturated heterocycles. The fourth-order valence-electron chi connectivity index (χ4n) is 4.91. The number of quaternary nitrogens is 1. The molecule has 0 aliphatic carbocycles. The average Bonchev–Trinajstić information content (AvgIpc) is 3.37. The molecule has 0 spiro atoms. The van der Waals surface area contributed by atoms with Crippen LogP contribution in [0.2, 0.25) is 10.0 Å². The number of amides is 1. The number of anilines is 4. The van der Waals surface area contributed by atoms with Crippen LogP contribution in [0.3, 0.4) is 0 Å². The summed E-state index contributed by atoms with van der Waals surface area (Å²) in [7, 11) is 0. The van der Waals surface area contributed by atoms with Crippen LogP contribution in [0.25, 0.3) is 11.3 Å². The molecule has 11 nitrogen and oxygen atoms in total. The van der Waals surface area contributed by atoms with Crippen molar-refractivity contribution in [3.63, 3.8) is 0 Å². The van der Waals surface area contributed by atoms with Crippen LogP contribution in [0.1, 0.15) is 12.8 Å². The number of nitrogens with zero attached hydrogens (tertiary/aromatic N) is 4. The maximum Gasteiger partial charge on any atom is 0.244 e. The Morgan fingerprint density at radius 1 is 1.05 bits per heavy atom. The zero-order valence-electron chi connectivity index (χ0n) is 20.5. The molecule has 0 saturated carbocycles. The molecule has 0 bridgehead atoms. The first-order chi connectivity index (χ1) is 18.3. The summed E-state index contributed by atoms with van der Waals surface area (Å²) < 4.78 is 0. The summed E-state index contributed by atoms with van der Waals surface area (Å²) in [6.45, 7) is 3.33. The molecule has 3 aromatic rings. The predicted molar refractivity (Wildman–Crippen MR) is 148 cm³/mol. The second-order valence-corrected chi connectivity index (χ2v) is 10.0. The third-order valence-electron chi connectivity index (χ3n) is 6.77. The summed E-state index contributed by atoms with van der Waals surface area (Å²) in [4.78, 5) is 26.4. The molecular formula is C25H28Cl2N8O3. The highest BCUT2D eigenvalue weighted by Gasteiger charge is 2.39. The van der Waals surface area contributed by atoms with E-state index in [1.165, 1.54) is 6.07 Å². The van der Waals surface area contributed by atoms with Crippen molar-refractivity contribution in [1.29, 1.82) is 0 Å². The lowest BCUT2D eigenvalue weighted by Gasteiger charge is -2.37. The van der Waals surface area contributed by atoms with E-state index >= 15 is 0 Å². The number of pyridine rings is 2. The van der Waals surface area contributed by atoms with E-state index < -0.39 is 5.23 Å². The van der Waals surface area contributed by atoms with Crippen molar-refractivity contribution in [2.75, 3.05) is 54.0 Å². The van der Waals surface area contributed by atoms with Gasteiger partial charge in [-0.05, 0) is 55.8 Å². The molecule has 200 valence electrons. The number of carbonyl (C=O) groups excluding carboxylic acids is 1. The monoisotopic (exact) mass is 558 g/mol. The van der Waals surface area contributed by atoms with Gasteiger partial charge in [0, 0.05) is 42.8 Å². The molecule has 2 aliphatic rings. The smallest absolute Gasteiger partial charge is 0.244 e. The summed E-state index contributed by atoms with van der Waals surface area (Å²) in [5, 5.41) is 26.4. The number of nitrogens with one attached hydrogen (secondary N) is 3. The molecule has 4 heterocycles. The number of halogens is 2. The molecule has 2 atom stereocenters. The minimum Gasteiger partial charge on any atom is -0.595 e. The second kappa shape index (κ2) is 11.3. The van der Waals surface area contributed by atoms with Gasteiger partial charge in [0.15, 0.2) is 5.82 Å². The van der Waals surface area contributed by atoms with Crippen molar-refractivity contribution in [2.24, 2.45) is 0 Å². The fourth-order valence-corrected chi connectivity index (χ4v) is 5.41. The number of aromatic nitrogens is 2. The lowest BCUT2D eigenvalue weighted by molar-refractivity contribution is -0.990. The SMILES string of the molecule is Nc1nc(NCCNc2ccc(N3CCN4CCCC4C3=O)c(-c3ccc(Cl)cc3Cl)n2)ccc1[NH+]([O-])O. The molecule has 2 aromatic heterocycles. The third-order valence-corrected chi connectivity index (χ3v) is 7.32. The van der Waals surface area contributed by atoms with E-state index in [1.54, 1.807) is 18.2 Å². The summed E-state index contributed by atoms with van der Waals surface area (Å²) in [6.07, 6.45) is 1.90. The number of carbonyl (C=O) groups is 1. The van der Waals surface area contributed by atoms with Crippen molar-refractivity contribution >= 4 is 57.9 Å². The lowest BCUT2D eigenvalue weighted by Crippen LogP contribution is -2.99. The Morgan fingerprint density at radius 2 is 1.79 bits per heavy atom. The molecule has 5 rings (SSSR count). The van der Waals surface area contributed by atoms with E-state index in [2.05, 4.69) is 20.5 Å². The summed E-state index contributed by atoms with van der Waals surface area (Å²) in [5.74, 6) is 1.12. The van der Waals surface area contributed by atoms with Gasteiger partial charge in [-0.3, -0.25) is 9.69 Å². The van der Waals surface area contributed by atoms with Gasteiger partial charge in [-0.2, -0.15) is 5.23 Å². The van der Waals surface area contributed by atoms with Crippen LogP contribution in [0, 0.1) is 5.21 Å². The van der Waals surface area contributed by atoms with Gasteiger partial charge in [-0.15, -0.1) is 0 Å². The number of benzene rings is 1. The van der Waals surface area contributed by atoms with Crippen molar-refractivity contribution in [2.45, 2.75) is 18.9 Å². The van der Waals surface area contributed by atoms with E-state index in [-0.39, 0.29) is 23.5 Å². The van der Waals surface area contributed by atoms with Gasteiger partial charge in [0.25, 0.3) is 0 Å². The first-order valence-electron chi connectivity index (χ1n) is 12.3. The highest BCUT2D eigenvalue weighted by atomic mass is 35.5. The van der Waals surface area contributed by atoms with Crippen molar-refractivity contribution in [3.8, 4) is 11.3 Å². The van der Waals surface area contributed by atoms with Crippen molar-refractivity contribution < 1.29 is 15.2 Å². The maximum atomic E-state index is 13.4. The van der Waals surface area contributed by atoms with Crippen LogP contribution in [0.4, 0.5) is 28.8 Å². The lowest BCUT2D eigenvalue weighted by atomic mass is 10.1. The maximum absolute atomic E-state index is 13.4. The molecule has 2 unspecified atom stereocenters. The molecule has 1 aromatic carbocycles. The van der Waals surface area contributed by atoms with E-state index in [0.29, 0.717) is 58.3 Å². The Kier molecular flexibility index (Phi) is 7.84. The molecule has 13 heteroatoms. The highest BCUT2D eigenvalue weighted by Crippen LogP contribution is 2.38. The van der Waals surface area contributed by atoms with E-state index in [1.807, 2.05) is 23.1 Å². The topological polar surface area (TPSA) is 147 Å². The van der Waals surface area contributed by atoms with Gasteiger partial charge in [0.2, 0.25) is 11.6 Å². The number of nitrogen functional groups attached to an aromatic ring is 1. The second-order valence-electron chi connectivity index (χ2n) is 9.16. The summed E-state index contributed by atoms with van der Waals surface area (Å²) in [5.41, 5.74) is 7.68. The van der Waals surface area contributed by atoms with E-state index in [9.17, 15) is 10.0 Å². The minimum absolute atomic E-state index is 0.0424. The largest absolute Gasteiger partial charge is 0.595 e. The number of hydrogen-bond donors (Lipinski definition) is 5. The highest BCUT2D eigenvalue weighted by molar-refractivity contribution is 6.36. The van der Waals surface area contributed by atoms with Crippen molar-refractivity contribution in [3.05, 3.63) is 57.7 Å². The number of piperazine rings is 1.